The summed E-state index contributed by atoms with van der Waals surface area (Å²) in [5, 5.41) is 19.3. The first-order valence-corrected chi connectivity index (χ1v) is 19.3. The van der Waals surface area contributed by atoms with Gasteiger partial charge in [-0.3, -0.25) is 15.1 Å². The zero-order chi connectivity index (χ0) is 39.9. The van der Waals surface area contributed by atoms with Gasteiger partial charge in [-0.1, -0.05) is 62.7 Å². The molecule has 0 saturated carbocycles. The molecule has 13 heteroatoms. The van der Waals surface area contributed by atoms with Gasteiger partial charge in [0.05, 0.1) is 23.3 Å². The third-order valence-corrected chi connectivity index (χ3v) is 10.2. The minimum Gasteiger partial charge on any atom is -0.488 e. The number of likely N-dealkylation sites (tertiary alicyclic amines) is 1. The van der Waals surface area contributed by atoms with Crippen LogP contribution in [0.25, 0.3) is 16.5 Å². The number of nitrogens with zero attached hydrogens (tertiary/aromatic N) is 6. The molecule has 7 rings (SSSR count). The number of anilines is 3. The Balaban J connectivity index is 0.998. The molecule has 3 aromatic heterocycles. The number of urea groups is 1. The minimum atomic E-state index is -0.377. The first-order valence-electron chi connectivity index (χ1n) is 19.3. The van der Waals surface area contributed by atoms with Crippen LogP contribution < -0.4 is 26.0 Å². The maximum absolute atomic E-state index is 13.5. The molecule has 4 heterocycles. The fourth-order valence-electron chi connectivity index (χ4n) is 7.04. The Bertz CT molecular complexity index is 2320. The van der Waals surface area contributed by atoms with Crippen LogP contribution in [0.1, 0.15) is 60.9 Å². The van der Waals surface area contributed by atoms with Crippen molar-refractivity contribution in [3.05, 3.63) is 126 Å². The summed E-state index contributed by atoms with van der Waals surface area (Å²) in [6.07, 6.45) is 8.18. The van der Waals surface area contributed by atoms with Gasteiger partial charge in [0.1, 0.15) is 29.7 Å². The molecular weight excluding hydrogens is 717 g/mol. The molecule has 0 bridgehead atoms. The molecule has 2 atom stereocenters. The lowest BCUT2D eigenvalue weighted by Gasteiger charge is -2.37. The molecule has 13 nitrogen and oxygen atoms in total. The molecule has 57 heavy (non-hydrogen) atoms. The minimum absolute atomic E-state index is 0.158. The standard InChI is InChI=1S/C44H50N10O3/c1-29-10-12-32(13-11-29)54-41(25-39(52-54)44(2,3)4)51-43(56)50-35-14-15-38(34-9-7-6-8-33(34)35)57-28-30-16-19-47-40(24-30)49-37-27-53(5)23-18-31(37)17-20-48-42(55)36-26-45-21-22-46-36/h6-16,19,21-22,24-26,31,37H,17-18,20,23,27-28H2,1-5H3,(H,47,49)(H,48,55)(H2,50,51,56). The van der Waals surface area contributed by atoms with E-state index in [1.165, 1.54) is 12.4 Å². The van der Waals surface area contributed by atoms with Gasteiger partial charge in [-0.2, -0.15) is 5.10 Å². The van der Waals surface area contributed by atoms with Crippen LogP contribution in [-0.2, 0) is 12.0 Å². The van der Waals surface area contributed by atoms with Crippen molar-refractivity contribution >= 4 is 40.0 Å². The number of rotatable bonds is 12. The van der Waals surface area contributed by atoms with Crippen molar-refractivity contribution in [1.82, 2.24) is 34.9 Å². The fraction of sp³-hybridized carbons (Fsp3) is 0.318. The molecule has 4 N–H and O–H groups in total. The van der Waals surface area contributed by atoms with Crippen molar-refractivity contribution in [2.75, 3.05) is 42.6 Å². The van der Waals surface area contributed by atoms with Crippen LogP contribution >= 0.6 is 0 Å². The van der Waals surface area contributed by atoms with Crippen molar-refractivity contribution in [1.29, 1.82) is 0 Å². The Morgan fingerprint density at radius 3 is 2.49 bits per heavy atom. The van der Waals surface area contributed by atoms with Crippen LogP contribution in [0.5, 0.6) is 5.75 Å². The first-order chi connectivity index (χ1) is 27.5. The Kier molecular flexibility index (Phi) is 11.7. The molecule has 1 fully saturated rings. The van der Waals surface area contributed by atoms with Gasteiger partial charge >= 0.3 is 6.03 Å². The summed E-state index contributed by atoms with van der Waals surface area (Å²) in [4.78, 5) is 41.1. The van der Waals surface area contributed by atoms with Crippen LogP contribution in [0.4, 0.5) is 22.1 Å². The molecule has 2 unspecified atom stereocenters. The number of piperidine rings is 1. The van der Waals surface area contributed by atoms with Crippen molar-refractivity contribution in [3.8, 4) is 11.4 Å². The molecule has 3 amide bonds. The highest BCUT2D eigenvalue weighted by molar-refractivity contribution is 6.07. The summed E-state index contributed by atoms with van der Waals surface area (Å²) >= 11 is 0. The van der Waals surface area contributed by atoms with Crippen LogP contribution in [-0.4, -0.2) is 74.3 Å². The zero-order valence-corrected chi connectivity index (χ0v) is 33.1. The Morgan fingerprint density at radius 2 is 1.72 bits per heavy atom. The van der Waals surface area contributed by atoms with E-state index < -0.39 is 0 Å². The molecule has 6 aromatic rings. The predicted octanol–water partition coefficient (Wildman–Crippen LogP) is 7.59. The van der Waals surface area contributed by atoms with E-state index >= 15 is 0 Å². The number of amides is 3. The van der Waals surface area contributed by atoms with Gasteiger partial charge in [0.15, 0.2) is 0 Å². The molecule has 0 aliphatic carbocycles. The second-order valence-electron chi connectivity index (χ2n) is 15.7. The number of hydrogen-bond acceptors (Lipinski definition) is 9. The van der Waals surface area contributed by atoms with Crippen LogP contribution in [0, 0.1) is 12.8 Å². The lowest BCUT2D eigenvalue weighted by Crippen LogP contribution is -2.47. The number of fused-ring (bicyclic) bond motifs is 1. The van der Waals surface area contributed by atoms with E-state index in [1.807, 2.05) is 85.8 Å². The lowest BCUT2D eigenvalue weighted by molar-refractivity contribution is 0.0942. The largest absolute Gasteiger partial charge is 0.488 e. The summed E-state index contributed by atoms with van der Waals surface area (Å²) in [7, 11) is 2.13. The van der Waals surface area contributed by atoms with E-state index in [4.69, 9.17) is 9.84 Å². The second kappa shape index (κ2) is 17.2. The van der Waals surface area contributed by atoms with Crippen molar-refractivity contribution in [3.63, 3.8) is 0 Å². The quantitative estimate of drug-likeness (QED) is 0.0988. The highest BCUT2D eigenvalue weighted by Gasteiger charge is 2.28. The van der Waals surface area contributed by atoms with Gasteiger partial charge < -0.3 is 25.6 Å². The zero-order valence-electron chi connectivity index (χ0n) is 33.1. The summed E-state index contributed by atoms with van der Waals surface area (Å²) in [5.41, 5.74) is 4.60. The van der Waals surface area contributed by atoms with Crippen LogP contribution in [0.2, 0.25) is 0 Å². The summed E-state index contributed by atoms with van der Waals surface area (Å²) in [6.45, 7) is 11.1. The second-order valence-corrected chi connectivity index (χ2v) is 15.7. The van der Waals surface area contributed by atoms with Gasteiger partial charge in [-0.05, 0) is 81.2 Å². The molecule has 294 valence electrons. The number of nitrogens with one attached hydrogen (secondary N) is 4. The monoisotopic (exact) mass is 766 g/mol. The van der Waals surface area contributed by atoms with Crippen molar-refractivity contribution in [2.24, 2.45) is 5.92 Å². The molecule has 0 radical (unpaired) electrons. The van der Waals surface area contributed by atoms with E-state index in [-0.39, 0.29) is 23.4 Å². The maximum atomic E-state index is 13.5. The number of carbonyl (C=O) groups is 2. The van der Waals surface area contributed by atoms with Crippen molar-refractivity contribution < 1.29 is 14.3 Å². The topological polar surface area (TPSA) is 151 Å². The first kappa shape index (κ1) is 38.9. The maximum Gasteiger partial charge on any atom is 0.324 e. The van der Waals surface area contributed by atoms with E-state index in [0.29, 0.717) is 42.0 Å². The average molecular weight is 767 g/mol. The number of aromatic nitrogens is 5. The number of aryl methyl sites for hydroxylation is 1. The Hall–Kier alpha value is -6.34. The Morgan fingerprint density at radius 1 is 0.912 bits per heavy atom. The van der Waals surface area contributed by atoms with E-state index in [2.05, 4.69) is 68.9 Å². The molecule has 1 saturated heterocycles. The SMILES string of the molecule is Cc1ccc(-n2nc(C(C)(C)C)cc2NC(=O)Nc2ccc(OCc3ccnc(NC4CN(C)CCC4CCNC(=O)c4cnccn4)c3)c3ccccc23)cc1. The van der Waals surface area contributed by atoms with Gasteiger partial charge in [0.2, 0.25) is 0 Å². The van der Waals surface area contributed by atoms with Gasteiger partial charge in [-0.25, -0.2) is 19.4 Å². The third-order valence-electron chi connectivity index (χ3n) is 10.2. The summed E-state index contributed by atoms with van der Waals surface area (Å²) in [6, 6.07) is 25.3. The summed E-state index contributed by atoms with van der Waals surface area (Å²) < 4.78 is 8.18. The van der Waals surface area contributed by atoms with Crippen molar-refractivity contribution in [2.45, 2.75) is 58.6 Å². The highest BCUT2D eigenvalue weighted by Crippen LogP contribution is 2.33. The molecule has 0 spiro atoms. The molecule has 1 aliphatic rings. The number of benzene rings is 3. The highest BCUT2D eigenvalue weighted by atomic mass is 16.5. The lowest BCUT2D eigenvalue weighted by atomic mass is 9.88. The number of likely N-dealkylation sites (N-methyl/N-ethyl adjacent to an activating group) is 1. The van der Waals surface area contributed by atoms with E-state index in [9.17, 15) is 9.59 Å². The molecule has 1 aliphatic heterocycles. The number of pyridine rings is 1. The van der Waals surface area contributed by atoms with E-state index in [0.717, 1.165) is 65.0 Å². The number of ether oxygens (including phenoxy) is 1. The normalized spacial score (nSPS) is 15.9. The summed E-state index contributed by atoms with van der Waals surface area (Å²) in [5.74, 6) is 2.19. The molecule has 3 aromatic carbocycles. The number of hydrogen-bond donors (Lipinski definition) is 4. The van der Waals surface area contributed by atoms with Crippen LogP contribution in [0.3, 0.4) is 0 Å². The fourth-order valence-corrected chi connectivity index (χ4v) is 7.04. The van der Waals surface area contributed by atoms with Crippen LogP contribution in [0.15, 0.2) is 104 Å². The average Bonchev–Trinajstić information content (AvgIpc) is 3.63. The predicted molar refractivity (Wildman–Crippen MR) is 224 cm³/mol. The molecular formula is C44H50N10O3. The van der Waals surface area contributed by atoms with Gasteiger partial charge in [0.25, 0.3) is 5.91 Å². The van der Waals surface area contributed by atoms with Gasteiger partial charge in [0, 0.05) is 60.0 Å². The Labute approximate surface area is 333 Å². The van der Waals surface area contributed by atoms with Gasteiger partial charge in [-0.15, -0.1) is 0 Å². The van der Waals surface area contributed by atoms with E-state index in [1.54, 1.807) is 17.1 Å². The smallest absolute Gasteiger partial charge is 0.324 e. The third kappa shape index (κ3) is 9.73. The number of carbonyl (C=O) groups excluding carboxylic acids is 2.